The van der Waals surface area contributed by atoms with Crippen LogP contribution in [-0.2, 0) is 0 Å². The first-order chi connectivity index (χ1) is 8.54. The first-order valence-corrected chi connectivity index (χ1v) is 6.40. The van der Waals surface area contributed by atoms with E-state index in [0.717, 1.165) is 24.6 Å². The Morgan fingerprint density at radius 3 is 2.89 bits per heavy atom. The van der Waals surface area contributed by atoms with Crippen LogP contribution >= 0.6 is 11.6 Å². The lowest BCUT2D eigenvalue weighted by molar-refractivity contribution is 0.0731. The summed E-state index contributed by atoms with van der Waals surface area (Å²) in [6, 6.07) is 2.79. The molecule has 1 aliphatic heterocycles. The van der Waals surface area contributed by atoms with E-state index in [1.54, 1.807) is 0 Å². The number of hydrogen-bond acceptors (Lipinski definition) is 1. The van der Waals surface area contributed by atoms with Crippen LogP contribution in [0.25, 0.3) is 0 Å². The van der Waals surface area contributed by atoms with Gasteiger partial charge in [-0.1, -0.05) is 6.92 Å². The van der Waals surface area contributed by atoms with Crippen LogP contribution in [0.15, 0.2) is 18.2 Å². The summed E-state index contributed by atoms with van der Waals surface area (Å²) >= 11 is 5.84. The van der Waals surface area contributed by atoms with Gasteiger partial charge in [-0.3, -0.25) is 4.79 Å². The van der Waals surface area contributed by atoms with Gasteiger partial charge in [-0.15, -0.1) is 11.6 Å². The van der Waals surface area contributed by atoms with Crippen molar-refractivity contribution >= 4 is 17.5 Å². The predicted molar refractivity (Wildman–Crippen MR) is 65.7 cm³/mol. The molecular formula is C13H14ClF2NO. The minimum absolute atomic E-state index is 0.109. The van der Waals surface area contributed by atoms with Gasteiger partial charge < -0.3 is 4.90 Å². The third kappa shape index (κ3) is 2.34. The molecule has 2 nitrogen and oxygen atoms in total. The quantitative estimate of drug-likeness (QED) is 0.759. The molecule has 1 aliphatic rings. The van der Waals surface area contributed by atoms with Crippen molar-refractivity contribution in [3.05, 3.63) is 35.4 Å². The maximum Gasteiger partial charge on any atom is 0.257 e. The van der Waals surface area contributed by atoms with Gasteiger partial charge in [-0.05, 0) is 30.5 Å². The van der Waals surface area contributed by atoms with Crippen LogP contribution in [0.2, 0.25) is 0 Å². The Morgan fingerprint density at radius 1 is 1.50 bits per heavy atom. The molecule has 0 radical (unpaired) electrons. The number of nitrogens with zero attached hydrogens (tertiary/aromatic N) is 1. The molecule has 2 unspecified atom stereocenters. The summed E-state index contributed by atoms with van der Waals surface area (Å²) in [5, 5.41) is 0. The fourth-order valence-electron chi connectivity index (χ4n) is 2.31. The average molecular weight is 274 g/mol. The summed E-state index contributed by atoms with van der Waals surface area (Å²) in [6.45, 7) is 2.54. The summed E-state index contributed by atoms with van der Waals surface area (Å²) in [5.74, 6) is -1.21. The normalized spacial score (nSPS) is 23.4. The summed E-state index contributed by atoms with van der Waals surface area (Å²) in [7, 11) is 0. The van der Waals surface area contributed by atoms with Gasteiger partial charge in [0, 0.05) is 18.5 Å². The summed E-state index contributed by atoms with van der Waals surface area (Å²) < 4.78 is 26.6. The van der Waals surface area contributed by atoms with Crippen molar-refractivity contribution < 1.29 is 13.6 Å². The summed E-state index contributed by atoms with van der Waals surface area (Å²) in [4.78, 5) is 13.7. The standard InChI is InChI=1S/C13H14ClF2NO/c1-8-4-5-17(12(8)7-14)13(18)10-6-9(15)2-3-11(10)16/h2-3,6,8,12H,4-5,7H2,1H3. The predicted octanol–water partition coefficient (Wildman–Crippen LogP) is 3.05. The fraction of sp³-hybridized carbons (Fsp3) is 0.462. The van der Waals surface area contributed by atoms with E-state index in [0.29, 0.717) is 12.4 Å². The first-order valence-electron chi connectivity index (χ1n) is 5.86. The third-order valence-corrected chi connectivity index (χ3v) is 3.78. The van der Waals surface area contributed by atoms with Gasteiger partial charge >= 0.3 is 0 Å². The minimum atomic E-state index is -0.700. The van der Waals surface area contributed by atoms with E-state index in [1.165, 1.54) is 4.90 Å². The minimum Gasteiger partial charge on any atom is -0.334 e. The van der Waals surface area contributed by atoms with Crippen molar-refractivity contribution in [1.82, 2.24) is 4.90 Å². The number of likely N-dealkylation sites (tertiary alicyclic amines) is 1. The van der Waals surface area contributed by atoms with Crippen LogP contribution in [0.1, 0.15) is 23.7 Å². The molecule has 1 fully saturated rings. The maximum atomic E-state index is 13.6. The van der Waals surface area contributed by atoms with Crippen molar-refractivity contribution in [2.45, 2.75) is 19.4 Å². The second-order valence-corrected chi connectivity index (χ2v) is 4.92. The molecule has 0 spiro atoms. The van der Waals surface area contributed by atoms with Gasteiger partial charge in [-0.25, -0.2) is 8.78 Å². The number of amides is 1. The van der Waals surface area contributed by atoms with Crippen molar-refractivity contribution in [1.29, 1.82) is 0 Å². The number of alkyl halides is 1. The van der Waals surface area contributed by atoms with Crippen LogP contribution in [0.5, 0.6) is 0 Å². The Bertz CT molecular complexity index is 466. The van der Waals surface area contributed by atoms with Gasteiger partial charge in [0.25, 0.3) is 5.91 Å². The zero-order chi connectivity index (χ0) is 13.3. The molecule has 2 atom stereocenters. The molecule has 18 heavy (non-hydrogen) atoms. The molecule has 0 aromatic heterocycles. The fourth-order valence-corrected chi connectivity index (χ4v) is 2.78. The third-order valence-electron chi connectivity index (χ3n) is 3.46. The first kappa shape index (κ1) is 13.3. The highest BCUT2D eigenvalue weighted by Gasteiger charge is 2.35. The Hall–Kier alpha value is -1.16. The smallest absolute Gasteiger partial charge is 0.257 e. The highest BCUT2D eigenvalue weighted by molar-refractivity contribution is 6.18. The number of halogens is 3. The highest BCUT2D eigenvalue weighted by atomic mass is 35.5. The van der Waals surface area contributed by atoms with Crippen LogP contribution in [0.3, 0.4) is 0 Å². The molecular weight excluding hydrogens is 260 g/mol. The van der Waals surface area contributed by atoms with Crippen LogP contribution in [0.4, 0.5) is 8.78 Å². The average Bonchev–Trinajstić information content (AvgIpc) is 2.72. The molecule has 1 amide bonds. The molecule has 1 aromatic carbocycles. The van der Waals surface area contributed by atoms with Crippen molar-refractivity contribution in [2.75, 3.05) is 12.4 Å². The second kappa shape index (κ2) is 5.22. The lowest BCUT2D eigenvalue weighted by Gasteiger charge is -2.25. The monoisotopic (exact) mass is 273 g/mol. The van der Waals surface area contributed by atoms with E-state index in [-0.39, 0.29) is 17.5 Å². The summed E-state index contributed by atoms with van der Waals surface area (Å²) in [6.07, 6.45) is 0.833. The van der Waals surface area contributed by atoms with E-state index in [1.807, 2.05) is 6.92 Å². The van der Waals surface area contributed by atoms with Crippen LogP contribution < -0.4 is 0 Å². The van der Waals surface area contributed by atoms with Gasteiger partial charge in [0.1, 0.15) is 11.6 Å². The van der Waals surface area contributed by atoms with Gasteiger partial charge in [0.15, 0.2) is 0 Å². The van der Waals surface area contributed by atoms with Crippen molar-refractivity contribution in [2.24, 2.45) is 5.92 Å². The van der Waals surface area contributed by atoms with E-state index < -0.39 is 17.5 Å². The van der Waals surface area contributed by atoms with Crippen LogP contribution in [-0.4, -0.2) is 29.3 Å². The molecule has 5 heteroatoms. The lowest BCUT2D eigenvalue weighted by atomic mass is 10.0. The molecule has 1 saturated heterocycles. The topological polar surface area (TPSA) is 20.3 Å². The number of carbonyl (C=O) groups excluding carboxylic acids is 1. The number of benzene rings is 1. The highest BCUT2D eigenvalue weighted by Crippen LogP contribution is 2.27. The van der Waals surface area contributed by atoms with Gasteiger partial charge in [0.05, 0.1) is 5.56 Å². The second-order valence-electron chi connectivity index (χ2n) is 4.61. The van der Waals surface area contributed by atoms with E-state index >= 15 is 0 Å². The number of carbonyl (C=O) groups is 1. The SMILES string of the molecule is CC1CCN(C(=O)c2cc(F)ccc2F)C1CCl. The van der Waals surface area contributed by atoms with Crippen LogP contribution in [0, 0.1) is 17.6 Å². The molecule has 0 N–H and O–H groups in total. The lowest BCUT2D eigenvalue weighted by Crippen LogP contribution is -2.39. The molecule has 98 valence electrons. The Kier molecular flexibility index (Phi) is 3.85. The number of rotatable bonds is 2. The molecule has 1 heterocycles. The van der Waals surface area contributed by atoms with E-state index in [2.05, 4.69) is 0 Å². The van der Waals surface area contributed by atoms with E-state index in [4.69, 9.17) is 11.6 Å². The van der Waals surface area contributed by atoms with Gasteiger partial charge in [-0.2, -0.15) is 0 Å². The molecule has 2 rings (SSSR count). The molecule has 0 saturated carbocycles. The largest absolute Gasteiger partial charge is 0.334 e. The zero-order valence-electron chi connectivity index (χ0n) is 10.00. The van der Waals surface area contributed by atoms with Crippen molar-refractivity contribution in [3.63, 3.8) is 0 Å². The Labute approximate surface area is 110 Å². The maximum absolute atomic E-state index is 13.6. The van der Waals surface area contributed by atoms with E-state index in [9.17, 15) is 13.6 Å². The Balaban J connectivity index is 2.28. The van der Waals surface area contributed by atoms with Gasteiger partial charge in [0.2, 0.25) is 0 Å². The molecule has 1 aromatic rings. The molecule has 0 bridgehead atoms. The number of hydrogen-bond donors (Lipinski definition) is 0. The zero-order valence-corrected chi connectivity index (χ0v) is 10.8. The summed E-state index contributed by atoms with van der Waals surface area (Å²) in [5.41, 5.74) is -0.223. The molecule has 0 aliphatic carbocycles. The Morgan fingerprint density at radius 2 is 2.22 bits per heavy atom. The van der Waals surface area contributed by atoms with Crippen molar-refractivity contribution in [3.8, 4) is 0 Å².